The number of hydrogen-bond acceptors (Lipinski definition) is 8. The van der Waals surface area contributed by atoms with Crippen LogP contribution in [0.15, 0.2) is 42.7 Å². The van der Waals surface area contributed by atoms with Crippen LogP contribution >= 0.6 is 11.3 Å². The number of esters is 1. The van der Waals surface area contributed by atoms with Gasteiger partial charge in [-0.05, 0) is 44.2 Å². The first-order chi connectivity index (χ1) is 14.9. The summed E-state index contributed by atoms with van der Waals surface area (Å²) < 4.78 is 7.38. The van der Waals surface area contributed by atoms with E-state index in [9.17, 15) is 9.59 Å². The molecule has 0 aliphatic rings. The molecule has 0 atom stereocenters. The third-order valence-corrected chi connectivity index (χ3v) is 5.31. The third kappa shape index (κ3) is 4.36. The molecule has 10 nitrogen and oxygen atoms in total. The number of carbonyl (C=O) groups is 2. The van der Waals surface area contributed by atoms with E-state index < -0.39 is 12.0 Å². The molecule has 3 heterocycles. The lowest BCUT2D eigenvalue weighted by Gasteiger charge is -2.10. The number of rotatable bonds is 5. The lowest BCUT2D eigenvalue weighted by molar-refractivity contribution is 0.0601. The van der Waals surface area contributed by atoms with Gasteiger partial charge in [-0.25, -0.2) is 19.6 Å². The average molecular weight is 437 g/mol. The van der Waals surface area contributed by atoms with E-state index in [2.05, 4.69) is 30.8 Å². The molecule has 2 N–H and O–H groups in total. The molecule has 0 aliphatic heterocycles. The summed E-state index contributed by atoms with van der Waals surface area (Å²) in [7, 11) is 1.33. The van der Waals surface area contributed by atoms with Gasteiger partial charge < -0.3 is 9.30 Å². The SMILES string of the molecule is COC(=O)c1ccc2nc(NC(=O)Nc3cccc(-c4nncn4C(C)C)n3)sc2c1. The Balaban J connectivity index is 1.49. The summed E-state index contributed by atoms with van der Waals surface area (Å²) in [5.41, 5.74) is 1.69. The highest BCUT2D eigenvalue weighted by Crippen LogP contribution is 2.27. The number of aromatic nitrogens is 5. The molecule has 4 rings (SSSR count). The maximum Gasteiger partial charge on any atom is 0.337 e. The number of fused-ring (bicyclic) bond motifs is 1. The molecule has 0 aliphatic carbocycles. The molecule has 4 aromatic rings. The van der Waals surface area contributed by atoms with Crippen LogP contribution < -0.4 is 10.6 Å². The zero-order chi connectivity index (χ0) is 22.0. The number of nitrogens with zero attached hydrogens (tertiary/aromatic N) is 5. The van der Waals surface area contributed by atoms with Crippen LogP contribution in [-0.2, 0) is 4.74 Å². The zero-order valence-electron chi connectivity index (χ0n) is 17.0. The van der Waals surface area contributed by atoms with Crippen LogP contribution in [0.2, 0.25) is 0 Å². The van der Waals surface area contributed by atoms with Gasteiger partial charge in [0.05, 0.1) is 22.9 Å². The Morgan fingerprint density at radius 1 is 1.13 bits per heavy atom. The normalized spacial score (nSPS) is 11.0. The number of nitrogens with one attached hydrogen (secondary N) is 2. The van der Waals surface area contributed by atoms with Crippen LogP contribution in [0, 0.1) is 0 Å². The van der Waals surface area contributed by atoms with Crippen molar-refractivity contribution in [2.24, 2.45) is 0 Å². The summed E-state index contributed by atoms with van der Waals surface area (Å²) in [6.45, 7) is 4.04. The predicted molar refractivity (Wildman–Crippen MR) is 117 cm³/mol. The van der Waals surface area contributed by atoms with E-state index in [0.717, 1.165) is 4.70 Å². The Morgan fingerprint density at radius 3 is 2.74 bits per heavy atom. The molecule has 31 heavy (non-hydrogen) atoms. The van der Waals surface area contributed by atoms with Crippen molar-refractivity contribution in [1.29, 1.82) is 0 Å². The minimum atomic E-state index is -0.484. The fourth-order valence-corrected chi connectivity index (χ4v) is 3.80. The highest BCUT2D eigenvalue weighted by Gasteiger charge is 2.14. The van der Waals surface area contributed by atoms with Crippen LogP contribution in [0.3, 0.4) is 0 Å². The molecule has 0 fully saturated rings. The van der Waals surface area contributed by atoms with Crippen molar-refractivity contribution in [3.63, 3.8) is 0 Å². The fourth-order valence-electron chi connectivity index (χ4n) is 2.90. The first-order valence-corrected chi connectivity index (χ1v) is 10.2. The standard InChI is InChI=1S/C20H19N7O3S/c1-11(2)27-10-21-26-17(27)14-5-4-6-16(22-14)24-19(29)25-20-23-13-8-7-12(18(28)30-3)9-15(13)31-20/h4-11H,1-3H3,(H2,22,23,24,25,29). The zero-order valence-corrected chi connectivity index (χ0v) is 17.8. The number of hydrogen-bond donors (Lipinski definition) is 2. The van der Waals surface area contributed by atoms with Gasteiger partial charge in [0, 0.05) is 6.04 Å². The molecule has 2 amide bonds. The van der Waals surface area contributed by atoms with E-state index >= 15 is 0 Å². The molecular formula is C20H19N7O3S. The van der Waals surface area contributed by atoms with Gasteiger partial charge in [0.2, 0.25) is 0 Å². The first kappa shape index (κ1) is 20.4. The molecule has 158 valence electrons. The fraction of sp³-hybridized carbons (Fsp3) is 0.200. The Bertz CT molecular complexity index is 1260. The van der Waals surface area contributed by atoms with Gasteiger partial charge >= 0.3 is 12.0 Å². The molecular weight excluding hydrogens is 418 g/mol. The number of benzene rings is 1. The van der Waals surface area contributed by atoms with Crippen LogP contribution in [-0.4, -0.2) is 43.8 Å². The van der Waals surface area contributed by atoms with Crippen molar-refractivity contribution in [3.8, 4) is 11.5 Å². The van der Waals surface area contributed by atoms with Crippen LogP contribution in [0.4, 0.5) is 15.7 Å². The summed E-state index contributed by atoms with van der Waals surface area (Å²) in [5, 5.41) is 13.9. The van der Waals surface area contributed by atoms with Gasteiger partial charge in [-0.15, -0.1) is 10.2 Å². The van der Waals surface area contributed by atoms with E-state index in [4.69, 9.17) is 4.74 Å². The van der Waals surface area contributed by atoms with E-state index in [1.807, 2.05) is 18.4 Å². The van der Waals surface area contributed by atoms with Crippen molar-refractivity contribution in [1.82, 2.24) is 24.7 Å². The van der Waals surface area contributed by atoms with Gasteiger partial charge in [-0.1, -0.05) is 17.4 Å². The molecule has 0 radical (unpaired) electrons. The molecule has 0 saturated heterocycles. The number of anilines is 2. The number of thiazole rings is 1. The van der Waals surface area contributed by atoms with Crippen molar-refractivity contribution >= 4 is 44.5 Å². The lowest BCUT2D eigenvalue weighted by Crippen LogP contribution is -2.20. The summed E-state index contributed by atoms with van der Waals surface area (Å²) in [4.78, 5) is 33.0. The van der Waals surface area contributed by atoms with Gasteiger partial charge in [0.25, 0.3) is 0 Å². The maximum absolute atomic E-state index is 12.5. The second-order valence-corrected chi connectivity index (χ2v) is 7.87. The highest BCUT2D eigenvalue weighted by molar-refractivity contribution is 7.22. The first-order valence-electron chi connectivity index (χ1n) is 9.38. The van der Waals surface area contributed by atoms with Crippen molar-refractivity contribution in [2.75, 3.05) is 17.7 Å². The van der Waals surface area contributed by atoms with Gasteiger partial charge in [-0.2, -0.15) is 0 Å². The Hall–Kier alpha value is -3.86. The maximum atomic E-state index is 12.5. The van der Waals surface area contributed by atoms with E-state index in [1.54, 1.807) is 42.7 Å². The van der Waals surface area contributed by atoms with Crippen LogP contribution in [0.5, 0.6) is 0 Å². The Labute approximate surface area is 181 Å². The Kier molecular flexibility index (Phi) is 5.58. The van der Waals surface area contributed by atoms with Gasteiger partial charge in [0.15, 0.2) is 11.0 Å². The van der Waals surface area contributed by atoms with Crippen molar-refractivity contribution < 1.29 is 14.3 Å². The molecule has 3 aromatic heterocycles. The van der Waals surface area contributed by atoms with E-state index in [1.165, 1.54) is 18.4 Å². The van der Waals surface area contributed by atoms with Crippen LogP contribution in [0.25, 0.3) is 21.7 Å². The summed E-state index contributed by atoms with van der Waals surface area (Å²) >= 11 is 1.25. The number of carbonyl (C=O) groups excluding carboxylic acids is 2. The quantitative estimate of drug-likeness (QED) is 0.453. The van der Waals surface area contributed by atoms with Crippen LogP contribution in [0.1, 0.15) is 30.2 Å². The number of urea groups is 1. The topological polar surface area (TPSA) is 124 Å². The Morgan fingerprint density at radius 2 is 1.97 bits per heavy atom. The lowest BCUT2D eigenvalue weighted by atomic mass is 10.2. The van der Waals surface area contributed by atoms with Gasteiger partial charge in [0.1, 0.15) is 17.8 Å². The number of ether oxygens (including phenoxy) is 1. The van der Waals surface area contributed by atoms with Crippen molar-refractivity contribution in [3.05, 3.63) is 48.3 Å². The number of methoxy groups -OCH3 is 1. The molecule has 1 aromatic carbocycles. The second kappa shape index (κ2) is 8.48. The van der Waals surface area contributed by atoms with E-state index in [0.29, 0.717) is 33.5 Å². The minimum absolute atomic E-state index is 0.172. The highest BCUT2D eigenvalue weighted by atomic mass is 32.1. The second-order valence-electron chi connectivity index (χ2n) is 6.84. The van der Waals surface area contributed by atoms with E-state index in [-0.39, 0.29) is 6.04 Å². The molecule has 0 saturated carbocycles. The largest absolute Gasteiger partial charge is 0.465 e. The molecule has 0 bridgehead atoms. The smallest absolute Gasteiger partial charge is 0.337 e. The van der Waals surface area contributed by atoms with Gasteiger partial charge in [-0.3, -0.25) is 10.6 Å². The average Bonchev–Trinajstić information content (AvgIpc) is 3.39. The number of amides is 2. The summed E-state index contributed by atoms with van der Waals surface area (Å²) in [6, 6.07) is 9.97. The monoisotopic (exact) mass is 437 g/mol. The van der Waals surface area contributed by atoms with Crippen molar-refractivity contribution in [2.45, 2.75) is 19.9 Å². The summed E-state index contributed by atoms with van der Waals surface area (Å²) in [5.74, 6) is 0.552. The molecule has 0 unspecified atom stereocenters. The number of pyridine rings is 1. The predicted octanol–water partition coefficient (Wildman–Crippen LogP) is 3.96. The minimum Gasteiger partial charge on any atom is -0.465 e. The summed E-state index contributed by atoms with van der Waals surface area (Å²) in [6.07, 6.45) is 1.65. The molecule has 0 spiro atoms. The third-order valence-electron chi connectivity index (χ3n) is 4.38. The molecule has 11 heteroatoms.